The molecule has 1 unspecified atom stereocenters. The average Bonchev–Trinajstić information content (AvgIpc) is 2.22. The van der Waals surface area contributed by atoms with Crippen LogP contribution in [0.15, 0.2) is 23.1 Å². The monoisotopic (exact) mass is 259 g/mol. The van der Waals surface area contributed by atoms with Crippen molar-refractivity contribution in [3.05, 3.63) is 29.6 Å². The molecule has 0 aromatic heterocycles. The van der Waals surface area contributed by atoms with Gasteiger partial charge in [-0.05, 0) is 23.8 Å². The predicted molar refractivity (Wildman–Crippen MR) is 56.5 cm³/mol. The zero-order valence-corrected chi connectivity index (χ0v) is 9.74. The van der Waals surface area contributed by atoms with Crippen molar-refractivity contribution < 1.29 is 22.7 Å². The summed E-state index contributed by atoms with van der Waals surface area (Å²) in [7, 11) is -2.64. The van der Waals surface area contributed by atoms with E-state index in [0.29, 0.717) is 0 Å². The van der Waals surface area contributed by atoms with Crippen LogP contribution in [-0.4, -0.2) is 36.9 Å². The molecule has 5 nitrogen and oxygen atoms in total. The molecular weight excluding hydrogens is 249 g/mol. The van der Waals surface area contributed by atoms with Gasteiger partial charge in [0.25, 0.3) is 0 Å². The number of carboxylic acids is 1. The molecule has 1 heterocycles. The van der Waals surface area contributed by atoms with Gasteiger partial charge in [0.1, 0.15) is 11.9 Å². The Labute approximate surface area is 97.5 Å². The lowest BCUT2D eigenvalue weighted by atomic mass is 10.1. The quantitative estimate of drug-likeness (QED) is 0.795. The number of hydrogen-bond acceptors (Lipinski definition) is 3. The molecule has 0 saturated carbocycles. The summed E-state index contributed by atoms with van der Waals surface area (Å²) in [6.45, 7) is 0. The van der Waals surface area contributed by atoms with Crippen LogP contribution in [0.25, 0.3) is 0 Å². The van der Waals surface area contributed by atoms with Gasteiger partial charge in [-0.3, -0.25) is 4.79 Å². The fourth-order valence-electron chi connectivity index (χ4n) is 1.86. The molecule has 92 valence electrons. The van der Waals surface area contributed by atoms with Crippen LogP contribution in [-0.2, 0) is 21.2 Å². The molecule has 1 aromatic rings. The minimum atomic E-state index is -3.85. The summed E-state index contributed by atoms with van der Waals surface area (Å²) in [6.07, 6.45) is -0.0296. The number of carboxylic acid groups (broad SMARTS) is 1. The number of benzene rings is 1. The number of halogens is 1. The van der Waals surface area contributed by atoms with Gasteiger partial charge in [0.2, 0.25) is 10.0 Å². The highest BCUT2D eigenvalue weighted by Crippen LogP contribution is 2.29. The Morgan fingerprint density at radius 1 is 1.53 bits per heavy atom. The molecule has 1 N–H and O–H groups in total. The van der Waals surface area contributed by atoms with Crippen molar-refractivity contribution in [1.82, 2.24) is 4.31 Å². The Bertz CT molecular complexity index is 584. The lowest BCUT2D eigenvalue weighted by Crippen LogP contribution is -2.47. The third kappa shape index (κ3) is 1.81. The summed E-state index contributed by atoms with van der Waals surface area (Å²) in [4.78, 5) is 10.9. The Morgan fingerprint density at radius 2 is 2.18 bits per heavy atom. The number of nitrogens with zero attached hydrogens (tertiary/aromatic N) is 1. The Balaban J connectivity index is 2.63. The second kappa shape index (κ2) is 3.78. The first-order valence-electron chi connectivity index (χ1n) is 4.83. The van der Waals surface area contributed by atoms with E-state index in [-0.39, 0.29) is 16.9 Å². The van der Waals surface area contributed by atoms with Gasteiger partial charge in [0.15, 0.2) is 0 Å². The molecule has 1 atom stereocenters. The first-order valence-corrected chi connectivity index (χ1v) is 6.27. The van der Waals surface area contributed by atoms with E-state index in [0.717, 1.165) is 22.5 Å². The highest BCUT2D eigenvalue weighted by Gasteiger charge is 2.39. The number of rotatable bonds is 1. The van der Waals surface area contributed by atoms with Crippen molar-refractivity contribution in [1.29, 1.82) is 0 Å². The molecule has 0 spiro atoms. The maximum atomic E-state index is 13.0. The molecular formula is C10H10FNO4S. The van der Waals surface area contributed by atoms with Crippen LogP contribution in [0.1, 0.15) is 5.56 Å². The summed E-state index contributed by atoms with van der Waals surface area (Å²) < 4.78 is 37.8. The number of sulfonamides is 1. The fourth-order valence-corrected chi connectivity index (χ4v) is 3.39. The van der Waals surface area contributed by atoms with E-state index in [1.54, 1.807) is 0 Å². The minimum Gasteiger partial charge on any atom is -0.480 e. The predicted octanol–water partition coefficient (Wildman–Crippen LogP) is 0.455. The fraction of sp³-hybridized carbons (Fsp3) is 0.300. The summed E-state index contributed by atoms with van der Waals surface area (Å²) in [5.41, 5.74) is 0.204. The van der Waals surface area contributed by atoms with Gasteiger partial charge in [-0.1, -0.05) is 0 Å². The van der Waals surface area contributed by atoms with Crippen LogP contribution in [0.5, 0.6) is 0 Å². The van der Waals surface area contributed by atoms with E-state index in [2.05, 4.69) is 0 Å². The molecule has 0 saturated heterocycles. The van der Waals surface area contributed by atoms with E-state index in [9.17, 15) is 17.6 Å². The van der Waals surface area contributed by atoms with E-state index in [1.807, 2.05) is 0 Å². The van der Waals surface area contributed by atoms with Gasteiger partial charge in [-0.25, -0.2) is 12.8 Å². The van der Waals surface area contributed by atoms with Crippen LogP contribution in [0, 0.1) is 5.82 Å². The van der Waals surface area contributed by atoms with Crippen molar-refractivity contribution in [2.24, 2.45) is 0 Å². The first-order chi connectivity index (χ1) is 7.84. The van der Waals surface area contributed by atoms with Crippen LogP contribution in [0.3, 0.4) is 0 Å². The lowest BCUT2D eigenvalue weighted by molar-refractivity contribution is -0.141. The topological polar surface area (TPSA) is 74.7 Å². The molecule has 7 heteroatoms. The molecule has 2 rings (SSSR count). The molecule has 1 aliphatic heterocycles. The lowest BCUT2D eigenvalue weighted by Gasteiger charge is -2.30. The highest BCUT2D eigenvalue weighted by molar-refractivity contribution is 7.89. The van der Waals surface area contributed by atoms with Gasteiger partial charge >= 0.3 is 5.97 Å². The van der Waals surface area contributed by atoms with E-state index >= 15 is 0 Å². The number of fused-ring (bicyclic) bond motifs is 1. The Kier molecular flexibility index (Phi) is 2.67. The number of aliphatic carboxylic acids is 1. The molecule has 0 bridgehead atoms. The van der Waals surface area contributed by atoms with Crippen LogP contribution in [0.4, 0.5) is 4.39 Å². The summed E-state index contributed by atoms with van der Waals surface area (Å²) in [6, 6.07) is 2.09. The summed E-state index contributed by atoms with van der Waals surface area (Å²) >= 11 is 0. The van der Waals surface area contributed by atoms with Gasteiger partial charge in [-0.15, -0.1) is 0 Å². The maximum absolute atomic E-state index is 13.0. The van der Waals surface area contributed by atoms with E-state index < -0.39 is 27.9 Å². The standard InChI is InChI=1S/C10H10FNO4S/c1-12-8(10(13)14)5-6-4-7(11)2-3-9(6)17(12,15)16/h2-4,8H,5H2,1H3,(H,13,14). The second-order valence-corrected chi connectivity index (χ2v) is 5.80. The molecule has 1 aliphatic rings. The molecule has 17 heavy (non-hydrogen) atoms. The van der Waals surface area contributed by atoms with Crippen molar-refractivity contribution in [2.75, 3.05) is 7.05 Å². The molecule has 1 aromatic carbocycles. The first kappa shape index (κ1) is 12.0. The van der Waals surface area contributed by atoms with Crippen LogP contribution in [0.2, 0.25) is 0 Å². The van der Waals surface area contributed by atoms with Crippen LogP contribution < -0.4 is 0 Å². The Hall–Kier alpha value is -1.47. The van der Waals surface area contributed by atoms with Crippen molar-refractivity contribution in [2.45, 2.75) is 17.4 Å². The second-order valence-electron chi connectivity index (χ2n) is 3.83. The molecule has 0 amide bonds. The van der Waals surface area contributed by atoms with Gasteiger partial charge in [-0.2, -0.15) is 4.31 Å². The highest BCUT2D eigenvalue weighted by atomic mass is 32.2. The largest absolute Gasteiger partial charge is 0.480 e. The average molecular weight is 259 g/mol. The zero-order valence-electron chi connectivity index (χ0n) is 8.92. The van der Waals surface area contributed by atoms with Crippen molar-refractivity contribution in [3.8, 4) is 0 Å². The molecule has 0 aliphatic carbocycles. The van der Waals surface area contributed by atoms with Crippen molar-refractivity contribution >= 4 is 16.0 Å². The van der Waals surface area contributed by atoms with Gasteiger partial charge in [0, 0.05) is 13.5 Å². The number of likely N-dealkylation sites (N-methyl/N-ethyl adjacent to an activating group) is 1. The molecule has 0 radical (unpaired) electrons. The SMILES string of the molecule is CN1C(C(=O)O)Cc2cc(F)ccc2S1(=O)=O. The van der Waals surface area contributed by atoms with Crippen molar-refractivity contribution in [3.63, 3.8) is 0 Å². The number of hydrogen-bond donors (Lipinski definition) is 1. The van der Waals surface area contributed by atoms with E-state index in [1.165, 1.54) is 7.05 Å². The maximum Gasteiger partial charge on any atom is 0.322 e. The van der Waals surface area contributed by atoms with Gasteiger partial charge < -0.3 is 5.11 Å². The van der Waals surface area contributed by atoms with Crippen LogP contribution >= 0.6 is 0 Å². The zero-order chi connectivity index (χ0) is 12.8. The Morgan fingerprint density at radius 3 is 2.76 bits per heavy atom. The number of carbonyl (C=O) groups is 1. The van der Waals surface area contributed by atoms with Gasteiger partial charge in [0.05, 0.1) is 4.90 Å². The molecule has 0 fully saturated rings. The summed E-state index contributed by atoms with van der Waals surface area (Å²) in [5, 5.41) is 8.94. The minimum absolute atomic E-state index is 0.0288. The third-order valence-electron chi connectivity index (χ3n) is 2.82. The normalized spacial score (nSPS) is 23.1. The summed E-state index contributed by atoms with van der Waals surface area (Å²) in [5.74, 6) is -1.82. The van der Waals surface area contributed by atoms with E-state index in [4.69, 9.17) is 5.11 Å². The third-order valence-corrected chi connectivity index (χ3v) is 4.78. The smallest absolute Gasteiger partial charge is 0.322 e.